The van der Waals surface area contributed by atoms with Gasteiger partial charge in [0.2, 0.25) is 5.91 Å². The smallest absolute Gasteiger partial charge is 0.241 e. The van der Waals surface area contributed by atoms with Crippen LogP contribution in [0.2, 0.25) is 10.0 Å². The van der Waals surface area contributed by atoms with Crippen molar-refractivity contribution in [1.29, 1.82) is 0 Å². The highest BCUT2D eigenvalue weighted by molar-refractivity contribution is 6.42. The first-order valence-electron chi connectivity index (χ1n) is 9.92. The normalized spacial score (nSPS) is 14.1. The van der Waals surface area contributed by atoms with E-state index in [1.165, 1.54) is 35.0 Å². The minimum absolute atomic E-state index is 0.105. The molecule has 6 heteroatoms. The average Bonchev–Trinajstić information content (AvgIpc) is 3.06. The minimum atomic E-state index is -0.105. The van der Waals surface area contributed by atoms with Crippen LogP contribution in [0, 0.1) is 0 Å². The predicted octanol–water partition coefficient (Wildman–Crippen LogP) is 5.76. The van der Waals surface area contributed by atoms with Crippen molar-refractivity contribution in [3.63, 3.8) is 0 Å². The maximum Gasteiger partial charge on any atom is 0.241 e. The van der Waals surface area contributed by atoms with Crippen LogP contribution in [0.15, 0.2) is 47.6 Å². The first-order chi connectivity index (χ1) is 14.0. The molecule has 1 aromatic heterocycles. The average molecular weight is 428 g/mol. The standard InChI is InChI=1S/C23H23Cl2N3O/c1-15(16-10-11-19(24)20(25)14-16)26-27-23(29)12-13-28-21-8-4-2-6-17(21)18-7-3-5-9-22(18)28/h2,4,6,8,10-11,14H,3,5,7,9,12-13H2,1H3,(H,27,29)/b26-15-. The highest BCUT2D eigenvalue weighted by Crippen LogP contribution is 2.32. The van der Waals surface area contributed by atoms with Gasteiger partial charge in [0.05, 0.1) is 15.8 Å². The van der Waals surface area contributed by atoms with E-state index < -0.39 is 0 Å². The lowest BCUT2D eigenvalue weighted by Crippen LogP contribution is -2.21. The van der Waals surface area contributed by atoms with Crippen LogP contribution in [0.3, 0.4) is 0 Å². The van der Waals surface area contributed by atoms with E-state index in [-0.39, 0.29) is 5.91 Å². The number of benzene rings is 2. The molecule has 2 aromatic carbocycles. The highest BCUT2D eigenvalue weighted by Gasteiger charge is 2.19. The molecular formula is C23H23Cl2N3O. The Kier molecular flexibility index (Phi) is 5.93. The van der Waals surface area contributed by atoms with Gasteiger partial charge in [0, 0.05) is 29.6 Å². The van der Waals surface area contributed by atoms with Gasteiger partial charge >= 0.3 is 0 Å². The number of hydrogen-bond acceptors (Lipinski definition) is 2. The molecule has 4 nitrogen and oxygen atoms in total. The number of hydrazone groups is 1. The van der Waals surface area contributed by atoms with Crippen molar-refractivity contribution >= 4 is 45.7 Å². The number of nitrogens with one attached hydrogen (secondary N) is 1. The van der Waals surface area contributed by atoms with Gasteiger partial charge in [-0.25, -0.2) is 5.43 Å². The summed E-state index contributed by atoms with van der Waals surface area (Å²) < 4.78 is 2.32. The van der Waals surface area contributed by atoms with Gasteiger partial charge in [-0.1, -0.05) is 47.5 Å². The van der Waals surface area contributed by atoms with E-state index in [4.69, 9.17) is 23.2 Å². The molecule has 0 saturated heterocycles. The van der Waals surface area contributed by atoms with Crippen LogP contribution in [-0.4, -0.2) is 16.2 Å². The Morgan fingerprint density at radius 3 is 2.72 bits per heavy atom. The molecular weight excluding hydrogens is 405 g/mol. The summed E-state index contributed by atoms with van der Waals surface area (Å²) in [7, 11) is 0. The molecule has 29 heavy (non-hydrogen) atoms. The van der Waals surface area contributed by atoms with Crippen LogP contribution >= 0.6 is 23.2 Å². The van der Waals surface area contributed by atoms with Gasteiger partial charge in [0.25, 0.3) is 0 Å². The van der Waals surface area contributed by atoms with E-state index in [9.17, 15) is 4.79 Å². The van der Waals surface area contributed by atoms with Crippen LogP contribution in [0.25, 0.3) is 10.9 Å². The van der Waals surface area contributed by atoms with Crippen molar-refractivity contribution in [2.75, 3.05) is 0 Å². The van der Waals surface area contributed by atoms with Crippen LogP contribution in [0.5, 0.6) is 0 Å². The summed E-state index contributed by atoms with van der Waals surface area (Å²) in [5.74, 6) is -0.105. The van der Waals surface area contributed by atoms with Gasteiger partial charge in [0.1, 0.15) is 0 Å². The number of carbonyl (C=O) groups is 1. The summed E-state index contributed by atoms with van der Waals surface area (Å²) in [6.45, 7) is 2.48. The second-order valence-electron chi connectivity index (χ2n) is 7.41. The lowest BCUT2D eigenvalue weighted by molar-refractivity contribution is -0.121. The number of carbonyl (C=O) groups excluding carboxylic acids is 1. The molecule has 1 amide bonds. The predicted molar refractivity (Wildman–Crippen MR) is 120 cm³/mol. The number of rotatable bonds is 5. The van der Waals surface area contributed by atoms with Crippen LogP contribution in [0.1, 0.15) is 43.0 Å². The second-order valence-corrected chi connectivity index (χ2v) is 8.23. The van der Waals surface area contributed by atoms with E-state index in [1.54, 1.807) is 12.1 Å². The Hall–Kier alpha value is -2.30. The Bertz CT molecular complexity index is 1100. The molecule has 3 aromatic rings. The molecule has 1 N–H and O–H groups in total. The number of amides is 1. The van der Waals surface area contributed by atoms with Crippen molar-refractivity contribution in [2.45, 2.75) is 45.6 Å². The molecule has 1 aliphatic carbocycles. The fraction of sp³-hybridized carbons (Fsp3) is 0.304. The van der Waals surface area contributed by atoms with Gasteiger partial charge in [0.15, 0.2) is 0 Å². The monoisotopic (exact) mass is 427 g/mol. The summed E-state index contributed by atoms with van der Waals surface area (Å²) in [5, 5.41) is 6.51. The van der Waals surface area contributed by atoms with Crippen molar-refractivity contribution in [3.8, 4) is 0 Å². The summed E-state index contributed by atoms with van der Waals surface area (Å²) in [6, 6.07) is 13.8. The van der Waals surface area contributed by atoms with Crippen molar-refractivity contribution < 1.29 is 4.79 Å². The summed E-state index contributed by atoms with van der Waals surface area (Å²) >= 11 is 12.0. The van der Waals surface area contributed by atoms with Crippen LogP contribution in [0.4, 0.5) is 0 Å². The molecule has 0 atom stereocenters. The van der Waals surface area contributed by atoms with Gasteiger partial charge in [-0.05, 0) is 61.9 Å². The number of aryl methyl sites for hydroxylation is 2. The first-order valence-corrected chi connectivity index (χ1v) is 10.7. The van der Waals surface area contributed by atoms with Gasteiger partial charge in [-0.15, -0.1) is 0 Å². The molecule has 0 spiro atoms. The minimum Gasteiger partial charge on any atom is -0.344 e. The number of hydrogen-bond donors (Lipinski definition) is 1. The molecule has 0 radical (unpaired) electrons. The topological polar surface area (TPSA) is 46.4 Å². The van der Waals surface area contributed by atoms with Crippen LogP contribution < -0.4 is 5.43 Å². The molecule has 0 aliphatic heterocycles. The third-order valence-electron chi connectivity index (χ3n) is 5.53. The quantitative estimate of drug-likeness (QED) is 0.408. The Labute approximate surface area is 180 Å². The number of nitrogens with zero attached hydrogens (tertiary/aromatic N) is 2. The fourth-order valence-corrected chi connectivity index (χ4v) is 4.34. The van der Waals surface area contributed by atoms with E-state index in [1.807, 2.05) is 13.0 Å². The lowest BCUT2D eigenvalue weighted by atomic mass is 9.95. The third-order valence-corrected chi connectivity index (χ3v) is 6.27. The molecule has 1 heterocycles. The number of para-hydroxylation sites is 1. The van der Waals surface area contributed by atoms with Crippen molar-refractivity contribution in [2.24, 2.45) is 5.10 Å². The third kappa shape index (κ3) is 4.19. The summed E-state index contributed by atoms with van der Waals surface area (Å²) in [5.41, 5.74) is 8.24. The van der Waals surface area contributed by atoms with E-state index in [2.05, 4.69) is 39.4 Å². The van der Waals surface area contributed by atoms with E-state index >= 15 is 0 Å². The largest absolute Gasteiger partial charge is 0.344 e. The number of fused-ring (bicyclic) bond motifs is 3. The zero-order valence-corrected chi connectivity index (χ0v) is 17.9. The first kappa shape index (κ1) is 20.0. The molecule has 4 rings (SSSR count). The van der Waals surface area contributed by atoms with E-state index in [0.717, 1.165) is 18.4 Å². The van der Waals surface area contributed by atoms with Crippen LogP contribution in [-0.2, 0) is 24.2 Å². The highest BCUT2D eigenvalue weighted by atomic mass is 35.5. The molecule has 0 saturated carbocycles. The summed E-state index contributed by atoms with van der Waals surface area (Å²) in [4.78, 5) is 12.4. The van der Waals surface area contributed by atoms with Gasteiger partial charge < -0.3 is 4.57 Å². The number of halogens is 2. The molecule has 150 valence electrons. The number of aromatic nitrogens is 1. The van der Waals surface area contributed by atoms with Gasteiger partial charge in [-0.3, -0.25) is 4.79 Å². The lowest BCUT2D eigenvalue weighted by Gasteiger charge is -2.15. The van der Waals surface area contributed by atoms with Crippen molar-refractivity contribution in [1.82, 2.24) is 9.99 Å². The molecule has 0 fully saturated rings. The molecule has 1 aliphatic rings. The van der Waals surface area contributed by atoms with E-state index in [0.29, 0.717) is 28.7 Å². The Balaban J connectivity index is 1.46. The van der Waals surface area contributed by atoms with Gasteiger partial charge in [-0.2, -0.15) is 5.10 Å². The molecule has 0 unspecified atom stereocenters. The SMILES string of the molecule is C/C(=N/NC(=O)CCn1c2c(c3ccccc31)CCCC2)c1ccc(Cl)c(Cl)c1. The Morgan fingerprint density at radius 1 is 1.10 bits per heavy atom. The zero-order valence-electron chi connectivity index (χ0n) is 16.3. The maximum absolute atomic E-state index is 12.4. The molecule has 0 bridgehead atoms. The zero-order chi connectivity index (χ0) is 20.4. The fourth-order valence-electron chi connectivity index (χ4n) is 4.04. The van der Waals surface area contributed by atoms with Crippen molar-refractivity contribution in [3.05, 3.63) is 69.3 Å². The Morgan fingerprint density at radius 2 is 1.90 bits per heavy atom. The summed E-state index contributed by atoms with van der Waals surface area (Å²) in [6.07, 6.45) is 5.04. The second kappa shape index (κ2) is 8.60. The maximum atomic E-state index is 12.4.